The van der Waals surface area contributed by atoms with Crippen LogP contribution < -0.4 is 11.1 Å². The summed E-state index contributed by atoms with van der Waals surface area (Å²) in [5.74, 6) is -2.51. The lowest BCUT2D eigenvalue weighted by atomic mass is 10.1. The quantitative estimate of drug-likeness (QED) is 0.888. The highest BCUT2D eigenvalue weighted by atomic mass is 19.1. The third kappa shape index (κ3) is 3.86. The fourth-order valence-corrected chi connectivity index (χ4v) is 1.98. The number of hydrogen-bond acceptors (Lipinski definition) is 2. The molecule has 2 aromatic rings. The highest BCUT2D eigenvalue weighted by Crippen LogP contribution is 2.12. The van der Waals surface area contributed by atoms with Crippen molar-refractivity contribution in [1.82, 2.24) is 5.32 Å². The molecule has 0 bridgehead atoms. The van der Waals surface area contributed by atoms with Crippen molar-refractivity contribution >= 4 is 5.91 Å². The Hall–Kier alpha value is -2.27. The van der Waals surface area contributed by atoms with E-state index in [4.69, 9.17) is 5.73 Å². The molecule has 3 nitrogen and oxygen atoms in total. The van der Waals surface area contributed by atoms with Gasteiger partial charge in [0, 0.05) is 6.54 Å². The number of nitrogens with one attached hydrogen (secondary N) is 1. The second-order valence-electron chi connectivity index (χ2n) is 4.63. The van der Waals surface area contributed by atoms with E-state index < -0.39 is 23.1 Å². The summed E-state index contributed by atoms with van der Waals surface area (Å²) in [6.45, 7) is 0.776. The number of rotatable bonds is 5. The molecule has 2 rings (SSSR count). The van der Waals surface area contributed by atoms with Gasteiger partial charge in [0.05, 0.1) is 0 Å². The number of benzene rings is 2. The van der Waals surface area contributed by atoms with Crippen LogP contribution in [0.15, 0.2) is 42.5 Å². The smallest absolute Gasteiger partial charge is 0.257 e. The summed E-state index contributed by atoms with van der Waals surface area (Å²) in [5.41, 5.74) is 6.86. The van der Waals surface area contributed by atoms with Crippen LogP contribution in [0, 0.1) is 11.6 Å². The van der Waals surface area contributed by atoms with Gasteiger partial charge in [0.25, 0.3) is 5.91 Å². The van der Waals surface area contributed by atoms with Crippen LogP contribution in [-0.4, -0.2) is 12.5 Å². The van der Waals surface area contributed by atoms with Crippen molar-refractivity contribution in [2.75, 3.05) is 6.54 Å². The van der Waals surface area contributed by atoms with E-state index in [9.17, 15) is 13.6 Å². The van der Waals surface area contributed by atoms with Crippen LogP contribution >= 0.6 is 0 Å². The first kappa shape index (κ1) is 15.1. The van der Waals surface area contributed by atoms with Crippen molar-refractivity contribution in [2.45, 2.75) is 13.0 Å². The maximum absolute atomic E-state index is 13.5. The molecule has 1 amide bonds. The lowest BCUT2D eigenvalue weighted by Crippen LogP contribution is -2.25. The summed E-state index contributed by atoms with van der Waals surface area (Å²) in [6, 6.07) is 10.9. The number of halogens is 2. The van der Waals surface area contributed by atoms with Gasteiger partial charge >= 0.3 is 0 Å². The molecule has 0 saturated heterocycles. The zero-order chi connectivity index (χ0) is 15.2. The van der Waals surface area contributed by atoms with Gasteiger partial charge in [-0.3, -0.25) is 4.79 Å². The normalized spacial score (nSPS) is 10.4. The van der Waals surface area contributed by atoms with Gasteiger partial charge in [-0.1, -0.05) is 30.3 Å². The predicted octanol–water partition coefficient (Wildman–Crippen LogP) is 2.40. The number of hydrogen-bond donors (Lipinski definition) is 2. The highest BCUT2D eigenvalue weighted by molar-refractivity contribution is 5.94. The van der Waals surface area contributed by atoms with Gasteiger partial charge in [-0.15, -0.1) is 0 Å². The maximum Gasteiger partial charge on any atom is 0.257 e. The summed E-state index contributed by atoms with van der Waals surface area (Å²) in [4.78, 5) is 11.8. The van der Waals surface area contributed by atoms with E-state index in [2.05, 4.69) is 5.32 Å². The molecule has 0 atom stereocenters. The Morgan fingerprint density at radius 1 is 1.00 bits per heavy atom. The second kappa shape index (κ2) is 6.95. The molecule has 0 heterocycles. The summed E-state index contributed by atoms with van der Waals surface area (Å²) >= 11 is 0. The fourth-order valence-electron chi connectivity index (χ4n) is 1.98. The molecule has 0 unspecified atom stereocenters. The first-order chi connectivity index (χ1) is 10.1. The summed E-state index contributed by atoms with van der Waals surface area (Å²) in [7, 11) is 0. The summed E-state index contributed by atoms with van der Waals surface area (Å²) < 4.78 is 26.9. The Kier molecular flexibility index (Phi) is 5.00. The summed E-state index contributed by atoms with van der Waals surface area (Å²) in [5, 5.41) is 2.50. The predicted molar refractivity (Wildman–Crippen MR) is 76.7 cm³/mol. The van der Waals surface area contributed by atoms with Crippen LogP contribution in [0.1, 0.15) is 21.5 Å². The number of amides is 1. The molecule has 0 spiro atoms. The monoisotopic (exact) mass is 290 g/mol. The van der Waals surface area contributed by atoms with Crippen LogP contribution in [0.5, 0.6) is 0 Å². The molecule has 5 heteroatoms. The topological polar surface area (TPSA) is 55.1 Å². The molecule has 110 valence electrons. The Labute approximate surface area is 121 Å². The Morgan fingerprint density at radius 2 is 1.57 bits per heavy atom. The zero-order valence-electron chi connectivity index (χ0n) is 11.4. The summed E-state index contributed by atoms with van der Waals surface area (Å²) in [6.07, 6.45) is 0.785. The van der Waals surface area contributed by atoms with Crippen molar-refractivity contribution in [3.05, 3.63) is 70.8 Å². The Bertz CT molecular complexity index is 606. The number of carbonyl (C=O) groups is 1. The minimum Gasteiger partial charge on any atom is -0.348 e. The van der Waals surface area contributed by atoms with Crippen LogP contribution in [0.2, 0.25) is 0 Å². The molecule has 0 aliphatic heterocycles. The maximum atomic E-state index is 13.5. The van der Waals surface area contributed by atoms with Crippen LogP contribution in [-0.2, 0) is 13.0 Å². The first-order valence-electron chi connectivity index (χ1n) is 6.62. The van der Waals surface area contributed by atoms with E-state index in [0.29, 0.717) is 6.54 Å². The lowest BCUT2D eigenvalue weighted by molar-refractivity contribution is 0.0942. The molecule has 0 aliphatic carbocycles. The van der Waals surface area contributed by atoms with Crippen molar-refractivity contribution in [1.29, 1.82) is 0 Å². The van der Waals surface area contributed by atoms with Gasteiger partial charge < -0.3 is 11.1 Å². The number of nitrogens with two attached hydrogens (primary N) is 1. The fraction of sp³-hybridized carbons (Fsp3) is 0.188. The van der Waals surface area contributed by atoms with Gasteiger partial charge in [0.1, 0.15) is 17.2 Å². The molecule has 2 aromatic carbocycles. The average Bonchev–Trinajstić information content (AvgIpc) is 2.47. The van der Waals surface area contributed by atoms with Crippen molar-refractivity contribution in [3.8, 4) is 0 Å². The average molecular weight is 290 g/mol. The van der Waals surface area contributed by atoms with E-state index in [0.717, 1.165) is 29.7 Å². The van der Waals surface area contributed by atoms with Gasteiger partial charge in [0.15, 0.2) is 0 Å². The molecule has 0 fully saturated rings. The molecule has 0 saturated carbocycles. The van der Waals surface area contributed by atoms with Crippen molar-refractivity contribution < 1.29 is 13.6 Å². The second-order valence-corrected chi connectivity index (χ2v) is 4.63. The lowest BCUT2D eigenvalue weighted by Gasteiger charge is -2.08. The third-order valence-electron chi connectivity index (χ3n) is 3.10. The molecule has 0 radical (unpaired) electrons. The van der Waals surface area contributed by atoms with Crippen molar-refractivity contribution in [3.63, 3.8) is 0 Å². The van der Waals surface area contributed by atoms with Gasteiger partial charge in [-0.2, -0.15) is 0 Å². The van der Waals surface area contributed by atoms with Crippen LogP contribution in [0.3, 0.4) is 0 Å². The number of carbonyl (C=O) groups excluding carboxylic acids is 1. The van der Waals surface area contributed by atoms with E-state index in [1.807, 2.05) is 24.3 Å². The minimum absolute atomic E-state index is 0.204. The molecule has 0 aromatic heterocycles. The van der Waals surface area contributed by atoms with E-state index in [-0.39, 0.29) is 6.54 Å². The highest BCUT2D eigenvalue weighted by Gasteiger charge is 2.16. The van der Waals surface area contributed by atoms with Crippen LogP contribution in [0.4, 0.5) is 8.78 Å². The molecular formula is C16H16F2N2O. The van der Waals surface area contributed by atoms with E-state index >= 15 is 0 Å². The SMILES string of the molecule is NCCc1ccc(CNC(=O)c2c(F)cccc2F)cc1. The van der Waals surface area contributed by atoms with Gasteiger partial charge in [0.2, 0.25) is 0 Å². The Balaban J connectivity index is 2.01. The standard InChI is InChI=1S/C16H16F2N2O/c17-13-2-1-3-14(18)15(13)16(21)20-10-12-6-4-11(5-7-12)8-9-19/h1-7H,8-10,19H2,(H,20,21). The van der Waals surface area contributed by atoms with Crippen LogP contribution in [0.25, 0.3) is 0 Å². The molecular weight excluding hydrogens is 274 g/mol. The minimum atomic E-state index is -0.870. The molecule has 21 heavy (non-hydrogen) atoms. The molecule has 0 aliphatic rings. The third-order valence-corrected chi connectivity index (χ3v) is 3.10. The Morgan fingerprint density at radius 3 is 2.14 bits per heavy atom. The van der Waals surface area contributed by atoms with E-state index in [1.54, 1.807) is 0 Å². The zero-order valence-corrected chi connectivity index (χ0v) is 11.4. The van der Waals surface area contributed by atoms with E-state index in [1.165, 1.54) is 6.07 Å². The first-order valence-corrected chi connectivity index (χ1v) is 6.62. The largest absolute Gasteiger partial charge is 0.348 e. The van der Waals surface area contributed by atoms with Gasteiger partial charge in [-0.05, 0) is 36.2 Å². The van der Waals surface area contributed by atoms with Gasteiger partial charge in [-0.25, -0.2) is 8.78 Å². The molecule has 3 N–H and O–H groups in total. The van der Waals surface area contributed by atoms with Crippen molar-refractivity contribution in [2.24, 2.45) is 5.73 Å².